The third-order valence-electron chi connectivity index (χ3n) is 6.63. The van der Waals surface area contributed by atoms with E-state index in [2.05, 4.69) is 9.97 Å². The molecule has 4 aromatic rings. The maximum absolute atomic E-state index is 13.6. The minimum Gasteiger partial charge on any atom is -0.507 e. The van der Waals surface area contributed by atoms with Gasteiger partial charge in [0.05, 0.1) is 34.5 Å². The van der Waals surface area contributed by atoms with E-state index in [0.29, 0.717) is 32.5 Å². The van der Waals surface area contributed by atoms with Crippen LogP contribution in [0.2, 0.25) is 5.02 Å². The van der Waals surface area contributed by atoms with E-state index in [1.807, 2.05) is 39.8 Å². The van der Waals surface area contributed by atoms with Crippen molar-refractivity contribution >= 4 is 55.7 Å². The molecule has 1 unspecified atom stereocenters. The van der Waals surface area contributed by atoms with E-state index in [4.69, 9.17) is 16.3 Å². The van der Waals surface area contributed by atoms with Crippen LogP contribution in [0.5, 0.6) is 5.75 Å². The van der Waals surface area contributed by atoms with Gasteiger partial charge in [-0.25, -0.2) is 4.98 Å². The first-order chi connectivity index (χ1) is 18.0. The van der Waals surface area contributed by atoms with Crippen LogP contribution in [-0.2, 0) is 15.0 Å². The molecule has 9 heteroatoms. The summed E-state index contributed by atoms with van der Waals surface area (Å²) < 4.78 is 6.36. The number of amides is 1. The van der Waals surface area contributed by atoms with Crippen molar-refractivity contribution in [1.82, 2.24) is 9.97 Å². The zero-order chi connectivity index (χ0) is 27.4. The molecular formula is C29H26ClN3O4S. The lowest BCUT2D eigenvalue weighted by molar-refractivity contribution is -0.132. The Balaban J connectivity index is 1.75. The smallest absolute Gasteiger partial charge is 0.301 e. The number of aromatic nitrogens is 2. The molecule has 38 heavy (non-hydrogen) atoms. The van der Waals surface area contributed by atoms with E-state index in [1.54, 1.807) is 42.7 Å². The summed E-state index contributed by atoms with van der Waals surface area (Å²) in [5, 5.41) is 12.6. The topological polar surface area (TPSA) is 92.6 Å². The summed E-state index contributed by atoms with van der Waals surface area (Å²) >= 11 is 7.59. The Labute approximate surface area is 229 Å². The second-order valence-electron chi connectivity index (χ2n) is 10.2. The number of ether oxygens (including phenoxy) is 1. The zero-order valence-corrected chi connectivity index (χ0v) is 23.1. The van der Waals surface area contributed by atoms with Crippen LogP contribution in [0.3, 0.4) is 0 Å². The van der Waals surface area contributed by atoms with Crippen molar-refractivity contribution in [3.05, 3.63) is 87.7 Å². The van der Waals surface area contributed by atoms with Gasteiger partial charge in [0.25, 0.3) is 5.78 Å². The van der Waals surface area contributed by atoms with E-state index in [1.165, 1.54) is 23.3 Å². The third-order valence-corrected chi connectivity index (χ3v) is 8.05. The molecule has 0 saturated carbocycles. The zero-order valence-electron chi connectivity index (χ0n) is 21.6. The van der Waals surface area contributed by atoms with Crippen molar-refractivity contribution in [2.24, 2.45) is 0 Å². The Bertz CT molecular complexity index is 1580. The molecule has 194 valence electrons. The molecule has 0 radical (unpaired) electrons. The van der Waals surface area contributed by atoms with Gasteiger partial charge in [0.2, 0.25) is 0 Å². The Morgan fingerprint density at radius 2 is 1.92 bits per heavy atom. The number of anilines is 1. The summed E-state index contributed by atoms with van der Waals surface area (Å²) in [6, 6.07) is 11.7. The van der Waals surface area contributed by atoms with Gasteiger partial charge in [0, 0.05) is 17.4 Å². The third kappa shape index (κ3) is 4.33. The number of aryl methyl sites for hydroxylation is 1. The number of fused-ring (bicyclic) bond motifs is 1. The van der Waals surface area contributed by atoms with Crippen molar-refractivity contribution in [2.75, 3.05) is 12.0 Å². The van der Waals surface area contributed by atoms with Crippen LogP contribution in [0.15, 0.2) is 60.4 Å². The molecule has 1 amide bonds. The number of hydrogen-bond donors (Lipinski definition) is 1. The van der Waals surface area contributed by atoms with Gasteiger partial charge in [-0.05, 0) is 59.4 Å². The number of methoxy groups -OCH3 is 1. The number of thiazole rings is 1. The van der Waals surface area contributed by atoms with E-state index in [9.17, 15) is 14.7 Å². The number of ketones is 1. The van der Waals surface area contributed by atoms with E-state index in [-0.39, 0.29) is 16.7 Å². The van der Waals surface area contributed by atoms with Gasteiger partial charge in [-0.2, -0.15) is 0 Å². The molecule has 0 bridgehead atoms. The van der Waals surface area contributed by atoms with Crippen molar-refractivity contribution in [3.63, 3.8) is 0 Å². The number of pyridine rings is 1. The summed E-state index contributed by atoms with van der Waals surface area (Å²) in [6.07, 6.45) is 3.18. The van der Waals surface area contributed by atoms with Crippen molar-refractivity contribution in [1.29, 1.82) is 0 Å². The number of benzene rings is 2. The maximum atomic E-state index is 13.6. The molecule has 1 aliphatic rings. The van der Waals surface area contributed by atoms with Crippen molar-refractivity contribution < 1.29 is 19.4 Å². The van der Waals surface area contributed by atoms with Crippen LogP contribution in [0.1, 0.15) is 49.1 Å². The average molecular weight is 548 g/mol. The number of aliphatic hydroxyl groups excluding tert-OH is 1. The van der Waals surface area contributed by atoms with Crippen molar-refractivity contribution in [3.8, 4) is 5.75 Å². The number of halogens is 1. The number of Topliss-reactive ketones (excluding diaryl/α,β-unsaturated/α-hetero) is 1. The number of carbonyl (C=O) groups is 2. The largest absolute Gasteiger partial charge is 0.507 e. The fourth-order valence-corrected chi connectivity index (χ4v) is 5.76. The van der Waals surface area contributed by atoms with E-state index >= 15 is 0 Å². The predicted octanol–water partition coefficient (Wildman–Crippen LogP) is 6.59. The second-order valence-corrected chi connectivity index (χ2v) is 11.6. The van der Waals surface area contributed by atoms with Gasteiger partial charge in [-0.15, -0.1) is 0 Å². The first kappa shape index (κ1) is 25.9. The average Bonchev–Trinajstić information content (AvgIpc) is 3.40. The minimum atomic E-state index is -0.941. The molecule has 1 fully saturated rings. The van der Waals surface area contributed by atoms with Crippen LogP contribution in [0.25, 0.3) is 16.0 Å². The quantitative estimate of drug-likeness (QED) is 0.176. The molecule has 7 nitrogen and oxygen atoms in total. The SMILES string of the molecule is COc1ccc(C(C)(C)C)cc1/C(O)=C1\C(=O)C(=O)N(c2nc3cc(Cl)c(C)cc3s2)C1c1cccnc1. The molecule has 2 aromatic heterocycles. The fraction of sp³-hybridized carbons (Fsp3) is 0.241. The molecule has 1 saturated heterocycles. The minimum absolute atomic E-state index is 0.0548. The highest BCUT2D eigenvalue weighted by Gasteiger charge is 2.48. The molecule has 0 aliphatic carbocycles. The van der Waals surface area contributed by atoms with Crippen LogP contribution in [0.4, 0.5) is 5.13 Å². The van der Waals surface area contributed by atoms with E-state index < -0.39 is 17.7 Å². The van der Waals surface area contributed by atoms with Gasteiger partial charge in [0.1, 0.15) is 11.5 Å². The molecule has 2 aromatic carbocycles. The second kappa shape index (κ2) is 9.53. The molecule has 3 heterocycles. The molecule has 1 N–H and O–H groups in total. The summed E-state index contributed by atoms with van der Waals surface area (Å²) in [5.74, 6) is -1.53. The lowest BCUT2D eigenvalue weighted by Gasteiger charge is -2.24. The van der Waals surface area contributed by atoms with Gasteiger partial charge < -0.3 is 9.84 Å². The first-order valence-electron chi connectivity index (χ1n) is 12.0. The standard InChI is InChI=1S/C29H26ClN3O4S/c1-15-11-22-20(13-19(15)30)32-28(38-22)33-24(16-7-6-10-31-14-16)23(26(35)27(33)36)25(34)18-12-17(29(2,3)4)8-9-21(18)37-5/h6-14,24,34H,1-5H3/b25-23+. The number of rotatable bonds is 4. The number of aliphatic hydroxyl groups is 1. The number of nitrogens with zero attached hydrogens (tertiary/aromatic N) is 3. The molecule has 0 spiro atoms. The van der Waals surface area contributed by atoms with Gasteiger partial charge in [-0.3, -0.25) is 19.5 Å². The summed E-state index contributed by atoms with van der Waals surface area (Å²) in [6.45, 7) is 8.04. The monoisotopic (exact) mass is 547 g/mol. The Kier molecular flexibility index (Phi) is 6.49. The summed E-state index contributed by atoms with van der Waals surface area (Å²) in [4.78, 5) is 37.3. The summed E-state index contributed by atoms with van der Waals surface area (Å²) in [7, 11) is 1.49. The Morgan fingerprint density at radius 3 is 2.58 bits per heavy atom. The molecule has 1 aliphatic heterocycles. The van der Waals surface area contributed by atoms with E-state index in [0.717, 1.165) is 15.8 Å². The molecule has 1 atom stereocenters. The number of carbonyl (C=O) groups excluding carboxylic acids is 2. The first-order valence-corrected chi connectivity index (χ1v) is 13.2. The normalized spacial score (nSPS) is 17.4. The lowest BCUT2D eigenvalue weighted by Crippen LogP contribution is -2.29. The van der Waals surface area contributed by atoms with Crippen LogP contribution in [0, 0.1) is 6.92 Å². The van der Waals surface area contributed by atoms with Crippen molar-refractivity contribution in [2.45, 2.75) is 39.2 Å². The highest BCUT2D eigenvalue weighted by Crippen LogP contribution is 2.45. The highest BCUT2D eigenvalue weighted by molar-refractivity contribution is 7.22. The van der Waals surface area contributed by atoms with Crippen LogP contribution >= 0.6 is 22.9 Å². The predicted molar refractivity (Wildman–Crippen MR) is 150 cm³/mol. The number of hydrogen-bond acceptors (Lipinski definition) is 7. The highest BCUT2D eigenvalue weighted by atomic mass is 35.5. The van der Waals surface area contributed by atoms with Gasteiger partial charge in [-0.1, -0.05) is 55.8 Å². The van der Waals surface area contributed by atoms with Gasteiger partial charge >= 0.3 is 5.91 Å². The van der Waals surface area contributed by atoms with Crippen LogP contribution in [-0.4, -0.2) is 33.9 Å². The Hall–Kier alpha value is -3.75. The summed E-state index contributed by atoms with van der Waals surface area (Å²) in [5.41, 5.74) is 3.05. The van der Waals surface area contributed by atoms with Gasteiger partial charge in [0.15, 0.2) is 5.13 Å². The lowest BCUT2D eigenvalue weighted by atomic mass is 9.85. The Morgan fingerprint density at radius 1 is 1.16 bits per heavy atom. The maximum Gasteiger partial charge on any atom is 0.301 e. The molecule has 5 rings (SSSR count). The molecular weight excluding hydrogens is 522 g/mol. The fourth-order valence-electron chi connectivity index (χ4n) is 4.53. The van der Waals surface area contributed by atoms with Crippen LogP contribution < -0.4 is 9.64 Å².